The molecule has 0 aromatic rings. The maximum atomic E-state index is 10.4. The number of carbonyl (C=O) groups is 1. The van der Waals surface area contributed by atoms with E-state index in [4.69, 9.17) is 0 Å². The fraction of sp³-hybridized carbons (Fsp3) is 0.667. The lowest BCUT2D eigenvalue weighted by molar-refractivity contribution is 0.236. The van der Waals surface area contributed by atoms with Gasteiger partial charge in [-0.15, -0.1) is 0 Å². The van der Waals surface area contributed by atoms with Crippen molar-refractivity contribution in [3.8, 4) is 0 Å². The Labute approximate surface area is 43.1 Å². The van der Waals surface area contributed by atoms with Crippen LogP contribution in [0.25, 0.3) is 0 Å². The Morgan fingerprint density at radius 1 is 1.86 bits per heavy atom. The largest absolute Gasteiger partial charge is 0.375 e. The number of hydrogen-bond donors (Lipinski definition) is 1. The van der Waals surface area contributed by atoms with Gasteiger partial charge < -0.3 is 10.1 Å². The minimum Gasteiger partial charge on any atom is -0.375 e. The van der Waals surface area contributed by atoms with Crippen LogP contribution in [0.15, 0.2) is 0 Å². The van der Waals surface area contributed by atoms with E-state index in [1.54, 1.807) is 12.8 Å². The Hall–Kier alpha value is -0.665. The van der Waals surface area contributed by atoms with Crippen LogP contribution in [0.5, 0.6) is 0 Å². The van der Waals surface area contributed by atoms with Crippen molar-refractivity contribution in [3.05, 3.63) is 0 Å². The number of nitrogens with one attached hydrogen (secondary N) is 1. The Morgan fingerprint density at radius 2 is 2.57 bits per heavy atom. The lowest BCUT2D eigenvalue weighted by atomic mass is 10.3. The van der Waals surface area contributed by atoms with E-state index >= 15 is 0 Å². The fourth-order valence-electron chi connectivity index (χ4n) is 0.567. The molecule has 0 atom stereocenters. The first-order valence-corrected chi connectivity index (χ1v) is 2.29. The van der Waals surface area contributed by atoms with E-state index in [0.29, 0.717) is 0 Å². The van der Waals surface area contributed by atoms with E-state index in [0.717, 1.165) is 13.1 Å². The molecular formula is C3H7BN2O. The summed E-state index contributed by atoms with van der Waals surface area (Å²) < 4.78 is 0. The van der Waals surface area contributed by atoms with Crippen molar-refractivity contribution in [2.75, 3.05) is 13.1 Å². The normalized spacial score (nSPS) is 20.0. The predicted molar refractivity (Wildman–Crippen MR) is 28.6 cm³/mol. The number of carbonyl (C=O) groups excluding carboxylic acids is 1. The summed E-state index contributed by atoms with van der Waals surface area (Å²) in [4.78, 5) is 12.0. The SMILES string of the molecule is BN1CCNC1=O. The van der Waals surface area contributed by atoms with Gasteiger partial charge in [-0.25, -0.2) is 0 Å². The monoisotopic (exact) mass is 98.1 g/mol. The summed E-state index contributed by atoms with van der Waals surface area (Å²) >= 11 is 0. The lowest BCUT2D eigenvalue weighted by Gasteiger charge is -2.01. The Bertz CT molecular complexity index is 94.9. The number of hydrogen-bond acceptors (Lipinski definition) is 1. The lowest BCUT2D eigenvalue weighted by Crippen LogP contribution is -2.24. The molecule has 0 aliphatic carbocycles. The van der Waals surface area contributed by atoms with Crippen molar-refractivity contribution in [1.29, 1.82) is 0 Å². The standard InChI is InChI=1S/C3H7BN2O/c4-6-2-1-5-3(6)7/h1-2,4H2,(H,5,7). The van der Waals surface area contributed by atoms with Crippen molar-refractivity contribution in [1.82, 2.24) is 10.1 Å². The predicted octanol–water partition coefficient (Wildman–Crippen LogP) is -1.44. The molecule has 7 heavy (non-hydrogen) atoms. The second-order valence-electron chi connectivity index (χ2n) is 1.65. The Balaban J connectivity index is 2.48. The molecule has 0 unspecified atom stereocenters. The quantitative estimate of drug-likeness (QED) is 0.369. The van der Waals surface area contributed by atoms with Gasteiger partial charge in [0.2, 0.25) is 7.98 Å². The smallest absolute Gasteiger partial charge is 0.304 e. The highest BCUT2D eigenvalue weighted by Gasteiger charge is 2.12. The van der Waals surface area contributed by atoms with Gasteiger partial charge in [-0.1, -0.05) is 0 Å². The highest BCUT2D eigenvalue weighted by molar-refractivity contribution is 6.14. The number of urea groups is 1. The first-order chi connectivity index (χ1) is 3.30. The van der Waals surface area contributed by atoms with Gasteiger partial charge in [-0.05, 0) is 0 Å². The molecule has 4 heteroatoms. The molecule has 0 bridgehead atoms. The molecule has 0 saturated carbocycles. The summed E-state index contributed by atoms with van der Waals surface area (Å²) in [7, 11) is 1.78. The first kappa shape index (κ1) is 4.49. The van der Waals surface area contributed by atoms with Crippen LogP contribution in [0, 0.1) is 0 Å². The van der Waals surface area contributed by atoms with E-state index < -0.39 is 0 Å². The molecule has 38 valence electrons. The maximum Gasteiger partial charge on any atom is 0.304 e. The summed E-state index contributed by atoms with van der Waals surface area (Å²) in [5.74, 6) is 0. The second kappa shape index (κ2) is 1.44. The number of rotatable bonds is 0. The van der Waals surface area contributed by atoms with Gasteiger partial charge >= 0.3 is 6.03 Å². The van der Waals surface area contributed by atoms with Gasteiger partial charge in [0, 0.05) is 13.1 Å². The first-order valence-electron chi connectivity index (χ1n) is 2.29. The molecule has 1 heterocycles. The van der Waals surface area contributed by atoms with Gasteiger partial charge in [0.05, 0.1) is 0 Å². The average molecular weight is 97.9 g/mol. The summed E-state index contributed by atoms with van der Waals surface area (Å²) in [6, 6.07) is 0.0417. The molecule has 1 aliphatic rings. The van der Waals surface area contributed by atoms with Crippen molar-refractivity contribution < 1.29 is 4.79 Å². The summed E-state index contributed by atoms with van der Waals surface area (Å²) in [6.45, 7) is 1.65. The second-order valence-corrected chi connectivity index (χ2v) is 1.65. The van der Waals surface area contributed by atoms with Crippen LogP contribution in [-0.2, 0) is 0 Å². The van der Waals surface area contributed by atoms with Gasteiger partial charge in [0.1, 0.15) is 0 Å². The zero-order valence-electron chi connectivity index (χ0n) is 4.27. The van der Waals surface area contributed by atoms with Crippen LogP contribution in [0.2, 0.25) is 0 Å². The van der Waals surface area contributed by atoms with Crippen LogP contribution >= 0.6 is 0 Å². The Morgan fingerprint density at radius 3 is 2.71 bits per heavy atom. The van der Waals surface area contributed by atoms with Crippen LogP contribution in [0.1, 0.15) is 0 Å². The molecular weight excluding hydrogens is 90.9 g/mol. The molecule has 0 aromatic heterocycles. The van der Waals surface area contributed by atoms with E-state index in [1.807, 2.05) is 0 Å². The van der Waals surface area contributed by atoms with E-state index in [-0.39, 0.29) is 6.03 Å². The molecule has 0 spiro atoms. The third-order valence-corrected chi connectivity index (χ3v) is 1.07. The summed E-state index contributed by atoms with van der Waals surface area (Å²) in [5.41, 5.74) is 0. The summed E-state index contributed by atoms with van der Waals surface area (Å²) in [6.07, 6.45) is 0. The minimum absolute atomic E-state index is 0.0417. The molecule has 1 fully saturated rings. The van der Waals surface area contributed by atoms with Crippen LogP contribution in [0.4, 0.5) is 4.79 Å². The topological polar surface area (TPSA) is 32.3 Å². The van der Waals surface area contributed by atoms with E-state index in [9.17, 15) is 4.79 Å². The molecule has 0 aromatic carbocycles. The highest BCUT2D eigenvalue weighted by Crippen LogP contribution is 1.87. The van der Waals surface area contributed by atoms with Gasteiger partial charge in [0.25, 0.3) is 0 Å². The van der Waals surface area contributed by atoms with Gasteiger partial charge in [0.15, 0.2) is 0 Å². The van der Waals surface area contributed by atoms with Crippen molar-refractivity contribution >= 4 is 14.0 Å². The maximum absolute atomic E-state index is 10.4. The van der Waals surface area contributed by atoms with Crippen molar-refractivity contribution in [3.63, 3.8) is 0 Å². The number of amides is 2. The minimum atomic E-state index is 0.0417. The molecule has 2 amide bonds. The molecule has 1 N–H and O–H groups in total. The molecule has 1 rings (SSSR count). The van der Waals surface area contributed by atoms with Crippen LogP contribution < -0.4 is 5.32 Å². The van der Waals surface area contributed by atoms with Gasteiger partial charge in [-0.3, -0.25) is 4.79 Å². The van der Waals surface area contributed by atoms with E-state index in [1.165, 1.54) is 0 Å². The Kier molecular flexibility index (Phi) is 0.926. The van der Waals surface area contributed by atoms with Crippen LogP contribution in [0.3, 0.4) is 0 Å². The van der Waals surface area contributed by atoms with Gasteiger partial charge in [-0.2, -0.15) is 0 Å². The zero-order chi connectivity index (χ0) is 5.28. The third kappa shape index (κ3) is 0.681. The number of nitrogens with zero attached hydrogens (tertiary/aromatic N) is 1. The summed E-state index contributed by atoms with van der Waals surface area (Å²) in [5, 5.41) is 2.66. The fourth-order valence-corrected chi connectivity index (χ4v) is 0.567. The highest BCUT2D eigenvalue weighted by atomic mass is 16.2. The third-order valence-electron chi connectivity index (χ3n) is 1.07. The van der Waals surface area contributed by atoms with Crippen molar-refractivity contribution in [2.24, 2.45) is 0 Å². The van der Waals surface area contributed by atoms with Crippen LogP contribution in [-0.4, -0.2) is 31.9 Å². The average Bonchev–Trinajstić information content (AvgIpc) is 1.91. The molecule has 1 aliphatic heterocycles. The molecule has 0 radical (unpaired) electrons. The van der Waals surface area contributed by atoms with Crippen molar-refractivity contribution in [2.45, 2.75) is 0 Å². The zero-order valence-corrected chi connectivity index (χ0v) is 4.27. The van der Waals surface area contributed by atoms with E-state index in [2.05, 4.69) is 5.32 Å². The molecule has 1 saturated heterocycles. The molecule has 3 nitrogen and oxygen atoms in total.